The van der Waals surface area contributed by atoms with E-state index in [-0.39, 0.29) is 11.3 Å². The molecule has 3 N–H and O–H groups in total. The molecule has 0 saturated heterocycles. The molecule has 6 heteroatoms. The molecule has 0 radical (unpaired) electrons. The second kappa shape index (κ2) is 4.64. The lowest BCUT2D eigenvalue weighted by atomic mass is 10.1. The maximum Gasteiger partial charge on any atom is 0.337 e. The number of benzene rings is 1. The quantitative estimate of drug-likeness (QED) is 0.826. The van der Waals surface area contributed by atoms with Crippen LogP contribution in [0.2, 0.25) is 0 Å². The number of carboxylic acid groups (broad SMARTS) is 1. The van der Waals surface area contributed by atoms with Gasteiger partial charge in [-0.3, -0.25) is 4.68 Å². The molecular formula is C13H15N3O3. The molecule has 2 rings (SSSR count). The number of carboxylic acids is 1. The van der Waals surface area contributed by atoms with Gasteiger partial charge in [-0.25, -0.2) is 4.79 Å². The number of anilines is 1. The molecule has 0 aliphatic rings. The van der Waals surface area contributed by atoms with Crippen LogP contribution < -0.4 is 10.5 Å². The number of hydrogen-bond donors (Lipinski definition) is 2. The first-order valence-corrected chi connectivity index (χ1v) is 5.71. The van der Waals surface area contributed by atoms with Crippen molar-refractivity contribution in [2.24, 2.45) is 7.05 Å². The fourth-order valence-corrected chi connectivity index (χ4v) is 1.83. The Labute approximate surface area is 110 Å². The molecule has 0 fully saturated rings. The van der Waals surface area contributed by atoms with Crippen LogP contribution in [0.25, 0.3) is 0 Å². The highest BCUT2D eigenvalue weighted by Crippen LogP contribution is 2.33. The van der Waals surface area contributed by atoms with Crippen molar-refractivity contribution in [1.29, 1.82) is 0 Å². The zero-order chi connectivity index (χ0) is 14.2. The SMILES string of the molecule is Cc1nn(C)c(C)c1Oc1cccc(C(=O)O)c1N. The zero-order valence-corrected chi connectivity index (χ0v) is 11.0. The van der Waals surface area contributed by atoms with Gasteiger partial charge in [0.15, 0.2) is 11.5 Å². The number of nitrogens with two attached hydrogens (primary N) is 1. The highest BCUT2D eigenvalue weighted by Gasteiger charge is 2.16. The van der Waals surface area contributed by atoms with Crippen LogP contribution in [0.15, 0.2) is 18.2 Å². The Kier molecular flexibility index (Phi) is 3.16. The van der Waals surface area contributed by atoms with E-state index in [1.54, 1.807) is 16.8 Å². The third-order valence-electron chi connectivity index (χ3n) is 2.95. The van der Waals surface area contributed by atoms with Crippen LogP contribution in [-0.2, 0) is 7.05 Å². The summed E-state index contributed by atoms with van der Waals surface area (Å²) >= 11 is 0. The highest BCUT2D eigenvalue weighted by molar-refractivity contribution is 5.95. The zero-order valence-electron chi connectivity index (χ0n) is 11.0. The molecule has 0 aliphatic heterocycles. The van der Waals surface area contributed by atoms with Crippen LogP contribution in [-0.4, -0.2) is 20.9 Å². The van der Waals surface area contributed by atoms with Crippen molar-refractivity contribution >= 4 is 11.7 Å². The van der Waals surface area contributed by atoms with Crippen molar-refractivity contribution < 1.29 is 14.6 Å². The van der Waals surface area contributed by atoms with Crippen LogP contribution in [0, 0.1) is 13.8 Å². The predicted octanol–water partition coefficient (Wildman–Crippen LogP) is 2.11. The molecule has 0 amide bonds. The van der Waals surface area contributed by atoms with E-state index in [0.29, 0.717) is 11.5 Å². The van der Waals surface area contributed by atoms with Gasteiger partial charge in [-0.2, -0.15) is 5.10 Å². The van der Waals surface area contributed by atoms with E-state index in [1.165, 1.54) is 6.07 Å². The van der Waals surface area contributed by atoms with Gasteiger partial charge >= 0.3 is 5.97 Å². The fourth-order valence-electron chi connectivity index (χ4n) is 1.83. The van der Waals surface area contributed by atoms with E-state index in [4.69, 9.17) is 15.6 Å². The van der Waals surface area contributed by atoms with E-state index in [2.05, 4.69) is 5.10 Å². The number of nitrogens with zero attached hydrogens (tertiary/aromatic N) is 2. The lowest BCUT2D eigenvalue weighted by molar-refractivity contribution is 0.0698. The number of hydrogen-bond acceptors (Lipinski definition) is 4. The molecule has 19 heavy (non-hydrogen) atoms. The maximum atomic E-state index is 11.0. The number of aromatic carboxylic acids is 1. The first-order valence-electron chi connectivity index (χ1n) is 5.71. The van der Waals surface area contributed by atoms with E-state index < -0.39 is 5.97 Å². The van der Waals surface area contributed by atoms with Crippen molar-refractivity contribution in [3.8, 4) is 11.5 Å². The fraction of sp³-hybridized carbons (Fsp3) is 0.231. The summed E-state index contributed by atoms with van der Waals surface area (Å²) < 4.78 is 7.41. The first-order chi connectivity index (χ1) is 8.91. The first kappa shape index (κ1) is 12.9. The van der Waals surface area contributed by atoms with Crippen LogP contribution in [0.3, 0.4) is 0 Å². The summed E-state index contributed by atoms with van der Waals surface area (Å²) in [5.74, 6) is -0.168. The number of ether oxygens (including phenoxy) is 1. The van der Waals surface area contributed by atoms with E-state index >= 15 is 0 Å². The molecule has 6 nitrogen and oxygen atoms in total. The van der Waals surface area contributed by atoms with E-state index in [1.807, 2.05) is 20.9 Å². The minimum Gasteiger partial charge on any atom is -0.478 e. The van der Waals surface area contributed by atoms with Gasteiger partial charge in [0.25, 0.3) is 0 Å². The second-order valence-electron chi connectivity index (χ2n) is 4.25. The molecule has 1 heterocycles. The molecule has 1 aromatic heterocycles. The highest BCUT2D eigenvalue weighted by atomic mass is 16.5. The smallest absolute Gasteiger partial charge is 0.337 e. The van der Waals surface area contributed by atoms with Gasteiger partial charge in [0.05, 0.1) is 16.9 Å². The minimum absolute atomic E-state index is 0.0247. The summed E-state index contributed by atoms with van der Waals surface area (Å²) in [5, 5.41) is 13.2. The number of para-hydroxylation sites is 1. The van der Waals surface area contributed by atoms with Crippen LogP contribution in [0.5, 0.6) is 11.5 Å². The molecule has 100 valence electrons. The number of nitrogen functional groups attached to an aromatic ring is 1. The van der Waals surface area contributed by atoms with Crippen molar-refractivity contribution in [3.05, 3.63) is 35.2 Å². The van der Waals surface area contributed by atoms with Crippen molar-refractivity contribution in [2.45, 2.75) is 13.8 Å². The van der Waals surface area contributed by atoms with E-state index in [9.17, 15) is 4.79 Å². The van der Waals surface area contributed by atoms with Crippen LogP contribution >= 0.6 is 0 Å². The van der Waals surface area contributed by atoms with Gasteiger partial charge in [-0.15, -0.1) is 0 Å². The average molecular weight is 261 g/mol. The van der Waals surface area contributed by atoms with Gasteiger partial charge in [0, 0.05) is 7.05 Å². The van der Waals surface area contributed by atoms with Gasteiger partial charge in [-0.05, 0) is 26.0 Å². The molecular weight excluding hydrogens is 246 g/mol. The molecule has 2 aromatic rings. The Morgan fingerprint density at radius 1 is 1.42 bits per heavy atom. The summed E-state index contributed by atoms with van der Waals surface area (Å²) in [6, 6.07) is 4.66. The standard InChI is InChI=1S/C13H15N3O3/c1-7-12(8(2)16(3)15-7)19-10-6-4-5-9(11(10)14)13(17)18/h4-6H,14H2,1-3H3,(H,17,18). The Morgan fingerprint density at radius 2 is 2.11 bits per heavy atom. The van der Waals surface area contributed by atoms with Gasteiger partial charge < -0.3 is 15.6 Å². The number of carbonyl (C=O) groups is 1. The molecule has 0 aliphatic carbocycles. The largest absolute Gasteiger partial charge is 0.478 e. The predicted molar refractivity (Wildman–Crippen MR) is 70.6 cm³/mol. The number of aromatic nitrogens is 2. The Morgan fingerprint density at radius 3 is 2.63 bits per heavy atom. The van der Waals surface area contributed by atoms with Crippen LogP contribution in [0.4, 0.5) is 5.69 Å². The summed E-state index contributed by atoms with van der Waals surface area (Å²) in [6.45, 7) is 3.69. The van der Waals surface area contributed by atoms with E-state index in [0.717, 1.165) is 11.4 Å². The third-order valence-corrected chi connectivity index (χ3v) is 2.95. The molecule has 1 aromatic carbocycles. The lowest BCUT2D eigenvalue weighted by Gasteiger charge is -2.10. The normalized spacial score (nSPS) is 10.5. The molecule has 0 spiro atoms. The molecule has 0 unspecified atom stereocenters. The number of rotatable bonds is 3. The molecule has 0 bridgehead atoms. The van der Waals surface area contributed by atoms with Gasteiger partial charge in [0.1, 0.15) is 5.69 Å². The minimum atomic E-state index is -1.08. The van der Waals surface area contributed by atoms with Crippen molar-refractivity contribution in [3.63, 3.8) is 0 Å². The lowest BCUT2D eigenvalue weighted by Crippen LogP contribution is -2.04. The molecule has 0 saturated carbocycles. The van der Waals surface area contributed by atoms with Crippen LogP contribution in [0.1, 0.15) is 21.7 Å². The van der Waals surface area contributed by atoms with Gasteiger partial charge in [-0.1, -0.05) is 6.07 Å². The third kappa shape index (κ3) is 2.24. The Bertz CT molecular complexity index is 647. The second-order valence-corrected chi connectivity index (χ2v) is 4.25. The summed E-state index contributed by atoms with van der Waals surface area (Å²) in [7, 11) is 1.81. The summed E-state index contributed by atoms with van der Waals surface area (Å²) in [6.07, 6.45) is 0. The topological polar surface area (TPSA) is 90.4 Å². The van der Waals surface area contributed by atoms with Gasteiger partial charge in [0.2, 0.25) is 0 Å². The molecule has 0 atom stereocenters. The van der Waals surface area contributed by atoms with Crippen molar-refractivity contribution in [1.82, 2.24) is 9.78 Å². The maximum absolute atomic E-state index is 11.0. The summed E-state index contributed by atoms with van der Waals surface area (Å²) in [4.78, 5) is 11.0. The Balaban J connectivity index is 2.44. The average Bonchev–Trinajstić information content (AvgIpc) is 2.58. The van der Waals surface area contributed by atoms with Crippen molar-refractivity contribution in [2.75, 3.05) is 5.73 Å². The Hall–Kier alpha value is -2.50. The monoisotopic (exact) mass is 261 g/mol. The summed E-state index contributed by atoms with van der Waals surface area (Å²) in [5.41, 5.74) is 7.51. The number of aryl methyl sites for hydroxylation is 2.